The summed E-state index contributed by atoms with van der Waals surface area (Å²) in [7, 11) is 1.85. The van der Waals surface area contributed by atoms with Gasteiger partial charge in [0.1, 0.15) is 0 Å². The molecule has 0 aliphatic carbocycles. The van der Waals surface area contributed by atoms with E-state index in [1.807, 2.05) is 28.9 Å². The van der Waals surface area contributed by atoms with E-state index in [9.17, 15) is 4.79 Å². The number of nitrogens with zero attached hydrogens (tertiary/aromatic N) is 3. The second-order valence-corrected chi connectivity index (χ2v) is 4.08. The first kappa shape index (κ1) is 11.1. The molecule has 88 valence electrons. The van der Waals surface area contributed by atoms with Gasteiger partial charge in [-0.2, -0.15) is 5.10 Å². The van der Waals surface area contributed by atoms with Gasteiger partial charge >= 0.3 is 0 Å². The average molecular weight is 222 g/mol. The van der Waals surface area contributed by atoms with Crippen molar-refractivity contribution in [1.29, 1.82) is 0 Å². The molecule has 1 unspecified atom stereocenters. The highest BCUT2D eigenvalue weighted by atomic mass is 16.2. The number of rotatable bonds is 4. The third kappa shape index (κ3) is 2.41. The molecular formula is C11H18N4O. The van der Waals surface area contributed by atoms with Gasteiger partial charge in [0.15, 0.2) is 0 Å². The van der Waals surface area contributed by atoms with E-state index in [-0.39, 0.29) is 11.9 Å². The van der Waals surface area contributed by atoms with Crippen LogP contribution in [0.2, 0.25) is 0 Å². The lowest BCUT2D eigenvalue weighted by Gasteiger charge is -2.32. The Balaban J connectivity index is 1.87. The molecule has 1 aliphatic rings. The summed E-state index contributed by atoms with van der Waals surface area (Å²) in [6.45, 7) is 2.39. The Morgan fingerprint density at radius 1 is 1.56 bits per heavy atom. The quantitative estimate of drug-likeness (QED) is 0.785. The zero-order valence-electron chi connectivity index (χ0n) is 9.59. The fourth-order valence-corrected chi connectivity index (χ4v) is 2.09. The molecule has 5 nitrogen and oxygen atoms in total. The molecule has 0 spiro atoms. The Labute approximate surface area is 95.4 Å². The number of nitrogens with one attached hydrogen (secondary N) is 1. The number of hydrogen-bond acceptors (Lipinski definition) is 3. The van der Waals surface area contributed by atoms with Crippen LogP contribution in [0.25, 0.3) is 0 Å². The molecule has 1 aromatic rings. The van der Waals surface area contributed by atoms with Crippen LogP contribution in [0.3, 0.4) is 0 Å². The number of hydrogen-bond donors (Lipinski definition) is 1. The largest absolute Gasteiger partial charge is 0.339 e. The van der Waals surface area contributed by atoms with E-state index < -0.39 is 0 Å². The SMILES string of the molecule is CNC1CCCN(CCn2cccn2)C1=O. The summed E-state index contributed by atoms with van der Waals surface area (Å²) in [4.78, 5) is 13.9. The van der Waals surface area contributed by atoms with E-state index in [4.69, 9.17) is 0 Å². The predicted octanol–water partition coefficient (Wildman–Crippen LogP) is 0.0935. The number of amides is 1. The molecule has 2 heterocycles. The van der Waals surface area contributed by atoms with Crippen molar-refractivity contribution >= 4 is 5.91 Å². The third-order valence-corrected chi connectivity index (χ3v) is 3.04. The van der Waals surface area contributed by atoms with Crippen molar-refractivity contribution < 1.29 is 4.79 Å². The van der Waals surface area contributed by atoms with Crippen molar-refractivity contribution in [3.63, 3.8) is 0 Å². The summed E-state index contributed by atoms with van der Waals surface area (Å²) < 4.78 is 1.86. The van der Waals surface area contributed by atoms with Crippen molar-refractivity contribution in [2.24, 2.45) is 0 Å². The zero-order valence-corrected chi connectivity index (χ0v) is 9.59. The maximum Gasteiger partial charge on any atom is 0.239 e. The number of aromatic nitrogens is 2. The highest BCUT2D eigenvalue weighted by Gasteiger charge is 2.26. The van der Waals surface area contributed by atoms with Gasteiger partial charge in [0, 0.05) is 25.5 Å². The summed E-state index contributed by atoms with van der Waals surface area (Å²) in [5.74, 6) is 0.223. The van der Waals surface area contributed by atoms with E-state index in [0.29, 0.717) is 0 Å². The smallest absolute Gasteiger partial charge is 0.239 e. The molecule has 1 N–H and O–H groups in total. The number of piperidine rings is 1. The average Bonchev–Trinajstić information content (AvgIpc) is 2.81. The topological polar surface area (TPSA) is 50.2 Å². The molecule has 1 amide bonds. The van der Waals surface area contributed by atoms with E-state index in [0.717, 1.165) is 32.5 Å². The Hall–Kier alpha value is -1.36. The van der Waals surface area contributed by atoms with Gasteiger partial charge in [-0.1, -0.05) is 0 Å². The second-order valence-electron chi connectivity index (χ2n) is 4.08. The lowest BCUT2D eigenvalue weighted by molar-refractivity contribution is -0.135. The van der Waals surface area contributed by atoms with E-state index in [1.54, 1.807) is 6.20 Å². The molecule has 0 saturated carbocycles. The maximum atomic E-state index is 11.9. The van der Waals surface area contributed by atoms with Gasteiger partial charge in [-0.3, -0.25) is 9.48 Å². The van der Waals surface area contributed by atoms with Crippen LogP contribution in [0.4, 0.5) is 0 Å². The summed E-state index contributed by atoms with van der Waals surface area (Å²) in [5, 5.41) is 7.19. The van der Waals surface area contributed by atoms with Crippen molar-refractivity contribution in [1.82, 2.24) is 20.0 Å². The lowest BCUT2D eigenvalue weighted by atomic mass is 10.1. The molecule has 1 fully saturated rings. The van der Waals surface area contributed by atoms with Crippen LogP contribution < -0.4 is 5.32 Å². The maximum absolute atomic E-state index is 11.9. The highest BCUT2D eigenvalue weighted by Crippen LogP contribution is 2.11. The molecule has 1 aromatic heterocycles. The van der Waals surface area contributed by atoms with Gasteiger partial charge in [-0.15, -0.1) is 0 Å². The molecule has 1 saturated heterocycles. The number of carbonyl (C=O) groups excluding carboxylic acids is 1. The van der Waals surface area contributed by atoms with Crippen molar-refractivity contribution in [3.8, 4) is 0 Å². The van der Waals surface area contributed by atoms with Crippen LogP contribution in [0, 0.1) is 0 Å². The summed E-state index contributed by atoms with van der Waals surface area (Å²) in [6.07, 6.45) is 5.71. The molecule has 0 radical (unpaired) electrons. The van der Waals surface area contributed by atoms with E-state index >= 15 is 0 Å². The monoisotopic (exact) mass is 222 g/mol. The second kappa shape index (κ2) is 5.12. The van der Waals surface area contributed by atoms with Gasteiger partial charge in [-0.05, 0) is 26.0 Å². The molecule has 16 heavy (non-hydrogen) atoms. The number of likely N-dealkylation sites (tertiary alicyclic amines) is 1. The Kier molecular flexibility index (Phi) is 3.56. The minimum absolute atomic E-state index is 0.00590. The first-order valence-electron chi connectivity index (χ1n) is 5.75. The molecule has 0 aromatic carbocycles. The van der Waals surface area contributed by atoms with Crippen LogP contribution in [-0.4, -0.2) is 46.8 Å². The fraction of sp³-hybridized carbons (Fsp3) is 0.636. The molecule has 2 rings (SSSR count). The lowest BCUT2D eigenvalue weighted by Crippen LogP contribution is -2.50. The molecule has 0 bridgehead atoms. The van der Waals surface area contributed by atoms with Crippen LogP contribution in [0.1, 0.15) is 12.8 Å². The summed E-state index contributed by atoms with van der Waals surface area (Å²) >= 11 is 0. The first-order chi connectivity index (χ1) is 7.81. The van der Waals surface area contributed by atoms with Crippen molar-refractivity contribution in [3.05, 3.63) is 18.5 Å². The van der Waals surface area contributed by atoms with Crippen LogP contribution in [-0.2, 0) is 11.3 Å². The Morgan fingerprint density at radius 3 is 3.12 bits per heavy atom. The van der Waals surface area contributed by atoms with Crippen molar-refractivity contribution in [2.45, 2.75) is 25.4 Å². The van der Waals surface area contributed by atoms with Gasteiger partial charge < -0.3 is 10.2 Å². The summed E-state index contributed by atoms with van der Waals surface area (Å²) in [6, 6.07) is 1.90. The van der Waals surface area contributed by atoms with Gasteiger partial charge in [0.2, 0.25) is 5.91 Å². The van der Waals surface area contributed by atoms with Crippen molar-refractivity contribution in [2.75, 3.05) is 20.1 Å². The predicted molar refractivity (Wildman–Crippen MR) is 60.9 cm³/mol. The molecule has 1 atom stereocenters. The zero-order chi connectivity index (χ0) is 11.4. The Morgan fingerprint density at radius 2 is 2.44 bits per heavy atom. The van der Waals surface area contributed by atoms with Gasteiger partial charge in [0.05, 0.1) is 12.6 Å². The van der Waals surface area contributed by atoms with Crippen LogP contribution in [0.15, 0.2) is 18.5 Å². The first-order valence-corrected chi connectivity index (χ1v) is 5.75. The number of carbonyl (C=O) groups is 1. The minimum atomic E-state index is 0.00590. The standard InChI is InChI=1S/C11H18N4O/c1-12-10-4-2-6-14(11(10)16)8-9-15-7-3-5-13-15/h3,5,7,10,12H,2,4,6,8-9H2,1H3. The normalized spacial score (nSPS) is 21.4. The third-order valence-electron chi connectivity index (χ3n) is 3.04. The van der Waals surface area contributed by atoms with E-state index in [2.05, 4.69) is 10.4 Å². The van der Waals surface area contributed by atoms with Crippen LogP contribution >= 0.6 is 0 Å². The molecule has 5 heteroatoms. The van der Waals surface area contributed by atoms with Gasteiger partial charge in [-0.25, -0.2) is 0 Å². The molecular weight excluding hydrogens is 204 g/mol. The minimum Gasteiger partial charge on any atom is -0.339 e. The fourth-order valence-electron chi connectivity index (χ4n) is 2.09. The van der Waals surface area contributed by atoms with Crippen LogP contribution in [0.5, 0.6) is 0 Å². The van der Waals surface area contributed by atoms with E-state index in [1.165, 1.54) is 0 Å². The van der Waals surface area contributed by atoms with Gasteiger partial charge in [0.25, 0.3) is 0 Å². The highest BCUT2D eigenvalue weighted by molar-refractivity contribution is 5.82. The Bertz CT molecular complexity index is 336. The number of likely N-dealkylation sites (N-methyl/N-ethyl adjacent to an activating group) is 1. The summed E-state index contributed by atoms with van der Waals surface area (Å²) in [5.41, 5.74) is 0. The molecule has 1 aliphatic heterocycles.